The zero-order valence-electron chi connectivity index (χ0n) is 18.6. The number of nitrogens with zero attached hydrogens (tertiary/aromatic N) is 3. The molecule has 1 fully saturated rings. The molecular weight excluding hydrogens is 476 g/mol. The minimum Gasteiger partial charge on any atom is -0.460 e. The van der Waals surface area contributed by atoms with Crippen molar-refractivity contribution >= 4 is 38.2 Å². The summed E-state index contributed by atoms with van der Waals surface area (Å²) < 4.78 is 33.1. The smallest absolute Gasteiger partial charge is 0.305 e. The molecule has 4 heterocycles. The number of pyridine rings is 1. The lowest BCUT2D eigenvalue weighted by molar-refractivity contribution is 0.0700. The van der Waals surface area contributed by atoms with Crippen LogP contribution in [0.4, 0.5) is 0 Å². The molecule has 0 atom stereocenters. The van der Waals surface area contributed by atoms with Crippen LogP contribution in [0.2, 0.25) is 0 Å². The van der Waals surface area contributed by atoms with E-state index in [0.29, 0.717) is 39.6 Å². The molecule has 0 saturated carbocycles. The predicted octanol–water partition coefficient (Wildman–Crippen LogP) is 3.01. The van der Waals surface area contributed by atoms with Crippen molar-refractivity contribution in [2.24, 2.45) is 0 Å². The predicted molar refractivity (Wildman–Crippen MR) is 129 cm³/mol. The van der Waals surface area contributed by atoms with Crippen LogP contribution in [-0.2, 0) is 10.0 Å². The summed E-state index contributed by atoms with van der Waals surface area (Å²) in [5.41, 5.74) is 2.06. The molecule has 4 aromatic rings. The normalized spacial score (nSPS) is 15.2. The Hall–Kier alpha value is -3.28. The Labute approximate surface area is 199 Å². The Morgan fingerprint density at radius 3 is 2.47 bits per heavy atom. The molecule has 0 bridgehead atoms. The lowest BCUT2D eigenvalue weighted by Crippen LogP contribution is -2.50. The number of amides is 1. The summed E-state index contributed by atoms with van der Waals surface area (Å²) in [4.78, 5) is 33.6. The maximum absolute atomic E-state index is 13.5. The number of carbonyl (C=O) groups is 1. The summed E-state index contributed by atoms with van der Waals surface area (Å²) in [7, 11) is -3.80. The van der Waals surface area contributed by atoms with Crippen LogP contribution in [0, 0.1) is 13.8 Å². The van der Waals surface area contributed by atoms with Gasteiger partial charge in [-0.2, -0.15) is 4.31 Å². The number of nitrogens with one attached hydrogen (secondary N) is 1. The van der Waals surface area contributed by atoms with E-state index < -0.39 is 14.9 Å². The van der Waals surface area contributed by atoms with Gasteiger partial charge in [0.2, 0.25) is 0 Å². The molecule has 1 aliphatic rings. The molecule has 0 unspecified atom stereocenters. The van der Waals surface area contributed by atoms with Gasteiger partial charge in [0.25, 0.3) is 15.9 Å². The standard InChI is InChI=1S/C23H22N4O5S2/c1-14-7-8-20(32-14)19-13-17(16-5-3-4-6-18(16)25-19)21(28)26-9-11-27(12-10-26)34(30,31)22-15(2)24-23(29)33-22/h3-8,13H,9-12H2,1-2H3,(H,24,29). The van der Waals surface area contributed by atoms with Gasteiger partial charge < -0.3 is 14.3 Å². The van der Waals surface area contributed by atoms with E-state index in [1.54, 1.807) is 17.9 Å². The Kier molecular flexibility index (Phi) is 5.62. The highest BCUT2D eigenvalue weighted by atomic mass is 32.2. The fourth-order valence-corrected chi connectivity index (χ4v) is 6.96. The van der Waals surface area contributed by atoms with Gasteiger partial charge in [-0.1, -0.05) is 29.5 Å². The van der Waals surface area contributed by atoms with Crippen LogP contribution < -0.4 is 4.87 Å². The van der Waals surface area contributed by atoms with E-state index >= 15 is 0 Å². The number of benzene rings is 1. The SMILES string of the molecule is Cc1ccc(-c2cc(C(=O)N3CCN(S(=O)(=O)c4sc(=O)[nH]c4C)CC3)c3ccccc3n2)o1. The second-order valence-corrected chi connectivity index (χ2v) is 11.2. The molecule has 1 aliphatic heterocycles. The van der Waals surface area contributed by atoms with E-state index in [9.17, 15) is 18.0 Å². The number of thiazole rings is 1. The zero-order chi connectivity index (χ0) is 24.0. The highest BCUT2D eigenvalue weighted by Crippen LogP contribution is 2.28. The molecule has 0 aliphatic carbocycles. The number of fused-ring (bicyclic) bond motifs is 1. The maximum Gasteiger partial charge on any atom is 0.305 e. The number of para-hydroxylation sites is 1. The number of rotatable bonds is 4. The summed E-state index contributed by atoms with van der Waals surface area (Å²) in [6, 6.07) is 12.8. The van der Waals surface area contributed by atoms with Crippen molar-refractivity contribution in [2.45, 2.75) is 18.1 Å². The molecule has 3 aromatic heterocycles. The van der Waals surface area contributed by atoms with Crippen molar-refractivity contribution in [1.82, 2.24) is 19.2 Å². The molecule has 1 N–H and O–H groups in total. The third-order valence-electron chi connectivity index (χ3n) is 5.82. The van der Waals surface area contributed by atoms with Crippen LogP contribution in [0.5, 0.6) is 0 Å². The molecule has 0 spiro atoms. The third-order valence-corrected chi connectivity index (χ3v) is 9.30. The molecule has 0 radical (unpaired) electrons. The minimum absolute atomic E-state index is 0.0239. The summed E-state index contributed by atoms with van der Waals surface area (Å²) in [6.07, 6.45) is 0. The summed E-state index contributed by atoms with van der Waals surface area (Å²) in [5.74, 6) is 1.13. The van der Waals surface area contributed by atoms with E-state index in [1.165, 1.54) is 4.31 Å². The monoisotopic (exact) mass is 498 g/mol. The number of sulfonamides is 1. The number of piperazine rings is 1. The largest absolute Gasteiger partial charge is 0.460 e. The molecule has 34 heavy (non-hydrogen) atoms. The van der Waals surface area contributed by atoms with Gasteiger partial charge in [0.05, 0.1) is 11.1 Å². The van der Waals surface area contributed by atoms with Crippen LogP contribution >= 0.6 is 11.3 Å². The Balaban J connectivity index is 1.42. The highest BCUT2D eigenvalue weighted by Gasteiger charge is 2.33. The quantitative estimate of drug-likeness (QED) is 0.462. The lowest BCUT2D eigenvalue weighted by atomic mass is 10.1. The van der Waals surface area contributed by atoms with E-state index in [1.807, 2.05) is 43.3 Å². The fourth-order valence-electron chi connectivity index (χ4n) is 4.11. The number of H-pyrrole nitrogens is 1. The molecule has 176 valence electrons. The van der Waals surface area contributed by atoms with Gasteiger partial charge >= 0.3 is 4.87 Å². The van der Waals surface area contributed by atoms with Crippen LogP contribution in [0.25, 0.3) is 22.4 Å². The average Bonchev–Trinajstić information content (AvgIpc) is 3.42. The van der Waals surface area contributed by atoms with Crippen molar-refractivity contribution in [3.63, 3.8) is 0 Å². The number of furan rings is 1. The maximum atomic E-state index is 13.5. The van der Waals surface area contributed by atoms with Gasteiger partial charge in [-0.05, 0) is 38.1 Å². The van der Waals surface area contributed by atoms with Crippen LogP contribution in [0.3, 0.4) is 0 Å². The highest BCUT2D eigenvalue weighted by molar-refractivity contribution is 7.91. The van der Waals surface area contributed by atoms with Gasteiger partial charge in [0, 0.05) is 37.3 Å². The third kappa shape index (κ3) is 3.95. The Morgan fingerprint density at radius 1 is 1.09 bits per heavy atom. The van der Waals surface area contributed by atoms with E-state index in [2.05, 4.69) is 9.97 Å². The molecule has 1 aromatic carbocycles. The van der Waals surface area contributed by atoms with E-state index in [0.717, 1.165) is 11.1 Å². The molecule has 5 rings (SSSR count). The van der Waals surface area contributed by atoms with Crippen molar-refractivity contribution in [1.29, 1.82) is 0 Å². The number of aromatic amines is 1. The number of hydrogen-bond donors (Lipinski definition) is 1. The first-order valence-electron chi connectivity index (χ1n) is 10.7. The first-order valence-corrected chi connectivity index (χ1v) is 13.0. The molecular formula is C23H22N4O5S2. The van der Waals surface area contributed by atoms with Gasteiger partial charge in [-0.3, -0.25) is 9.59 Å². The van der Waals surface area contributed by atoms with Gasteiger partial charge in [0.15, 0.2) is 9.97 Å². The second-order valence-electron chi connectivity index (χ2n) is 8.11. The average molecular weight is 499 g/mol. The first kappa shape index (κ1) is 22.5. The summed E-state index contributed by atoms with van der Waals surface area (Å²) in [6.45, 7) is 4.18. The molecule has 1 amide bonds. The van der Waals surface area contributed by atoms with Crippen molar-refractivity contribution < 1.29 is 17.6 Å². The van der Waals surface area contributed by atoms with Crippen LogP contribution in [0.15, 0.2) is 55.9 Å². The van der Waals surface area contributed by atoms with Gasteiger partial charge in [-0.15, -0.1) is 0 Å². The van der Waals surface area contributed by atoms with Crippen molar-refractivity contribution in [3.05, 3.63) is 69.1 Å². The van der Waals surface area contributed by atoms with Crippen molar-refractivity contribution in [3.8, 4) is 11.5 Å². The van der Waals surface area contributed by atoms with E-state index in [-0.39, 0.29) is 36.3 Å². The Bertz CT molecular complexity index is 1560. The summed E-state index contributed by atoms with van der Waals surface area (Å²) >= 11 is 0.684. The minimum atomic E-state index is -3.80. The number of carbonyl (C=O) groups excluding carboxylic acids is 1. The van der Waals surface area contributed by atoms with Crippen LogP contribution in [-0.4, -0.2) is 59.7 Å². The Morgan fingerprint density at radius 2 is 1.82 bits per heavy atom. The van der Waals surface area contributed by atoms with E-state index in [4.69, 9.17) is 4.42 Å². The van der Waals surface area contributed by atoms with Gasteiger partial charge in [-0.25, -0.2) is 13.4 Å². The van der Waals surface area contributed by atoms with Gasteiger partial charge in [0.1, 0.15) is 11.5 Å². The number of aryl methyl sites for hydroxylation is 2. The molecule has 1 saturated heterocycles. The fraction of sp³-hybridized carbons (Fsp3) is 0.261. The van der Waals surface area contributed by atoms with Crippen molar-refractivity contribution in [2.75, 3.05) is 26.2 Å². The summed E-state index contributed by atoms with van der Waals surface area (Å²) in [5, 5.41) is 0.724. The number of aromatic nitrogens is 2. The zero-order valence-corrected chi connectivity index (χ0v) is 20.2. The topological polar surface area (TPSA) is 117 Å². The lowest BCUT2D eigenvalue weighted by Gasteiger charge is -2.34. The number of hydrogen-bond acceptors (Lipinski definition) is 7. The first-order chi connectivity index (χ1) is 16.2. The second kappa shape index (κ2) is 8.49. The molecule has 9 nitrogen and oxygen atoms in total. The van der Waals surface area contributed by atoms with Crippen LogP contribution in [0.1, 0.15) is 21.8 Å². The molecule has 11 heteroatoms.